The van der Waals surface area contributed by atoms with Crippen molar-refractivity contribution in [2.24, 2.45) is 11.1 Å². The van der Waals surface area contributed by atoms with Gasteiger partial charge in [-0.2, -0.15) is 0 Å². The molecule has 1 aliphatic carbocycles. The van der Waals surface area contributed by atoms with Crippen molar-refractivity contribution in [3.05, 3.63) is 0 Å². The van der Waals surface area contributed by atoms with Crippen LogP contribution in [0.5, 0.6) is 0 Å². The van der Waals surface area contributed by atoms with E-state index in [1.807, 2.05) is 0 Å². The molecule has 2 atom stereocenters. The number of hydrogen-bond acceptors (Lipinski definition) is 2. The van der Waals surface area contributed by atoms with Crippen molar-refractivity contribution >= 4 is 0 Å². The van der Waals surface area contributed by atoms with Crippen LogP contribution in [0.4, 0.5) is 0 Å². The molecule has 1 saturated heterocycles. The van der Waals surface area contributed by atoms with Gasteiger partial charge in [0.05, 0.1) is 0 Å². The van der Waals surface area contributed by atoms with Gasteiger partial charge in [0.15, 0.2) is 0 Å². The van der Waals surface area contributed by atoms with Gasteiger partial charge in [-0.05, 0) is 51.2 Å². The first-order chi connectivity index (χ1) is 5.78. The Bertz CT molecular complexity index is 165. The molecule has 0 spiro atoms. The maximum absolute atomic E-state index is 5.69. The molecule has 2 aliphatic rings. The van der Waals surface area contributed by atoms with Gasteiger partial charge in [0.2, 0.25) is 0 Å². The van der Waals surface area contributed by atoms with Gasteiger partial charge in [0.25, 0.3) is 0 Å². The molecule has 70 valence electrons. The van der Waals surface area contributed by atoms with Crippen molar-refractivity contribution in [3.63, 3.8) is 0 Å². The first-order valence-corrected chi connectivity index (χ1v) is 5.19. The molecule has 0 bridgehead atoms. The number of nitrogens with two attached hydrogens (primary N) is 1. The molecule has 0 unspecified atom stereocenters. The maximum Gasteiger partial charge on any atom is 0.0150 e. The third kappa shape index (κ3) is 1.09. The van der Waals surface area contributed by atoms with Gasteiger partial charge < -0.3 is 10.6 Å². The fraction of sp³-hybridized carbons (Fsp3) is 1.00. The van der Waals surface area contributed by atoms with Crippen LogP contribution in [0.2, 0.25) is 0 Å². The molecule has 1 saturated carbocycles. The minimum absolute atomic E-state index is 0.628. The Morgan fingerprint density at radius 3 is 3.08 bits per heavy atom. The zero-order chi connectivity index (χ0) is 8.60. The average Bonchev–Trinajstić information content (AvgIpc) is 2.55. The van der Waals surface area contributed by atoms with Crippen LogP contribution in [-0.2, 0) is 0 Å². The minimum atomic E-state index is 0.628. The number of fused-ring (bicyclic) bond motifs is 1. The van der Waals surface area contributed by atoms with E-state index in [0.29, 0.717) is 5.41 Å². The highest BCUT2D eigenvalue weighted by Crippen LogP contribution is 2.50. The van der Waals surface area contributed by atoms with Gasteiger partial charge in [-0.15, -0.1) is 0 Å². The van der Waals surface area contributed by atoms with Crippen LogP contribution in [0.15, 0.2) is 0 Å². The molecule has 1 heterocycles. The monoisotopic (exact) mass is 168 g/mol. The van der Waals surface area contributed by atoms with Crippen LogP contribution < -0.4 is 5.73 Å². The van der Waals surface area contributed by atoms with E-state index in [1.165, 1.54) is 38.6 Å². The summed E-state index contributed by atoms with van der Waals surface area (Å²) in [5.74, 6) is 0. The quantitative estimate of drug-likeness (QED) is 0.671. The van der Waals surface area contributed by atoms with Crippen molar-refractivity contribution in [2.75, 3.05) is 20.1 Å². The lowest BCUT2D eigenvalue weighted by atomic mass is 9.79. The molecule has 2 fully saturated rings. The van der Waals surface area contributed by atoms with Crippen molar-refractivity contribution in [1.82, 2.24) is 4.90 Å². The lowest BCUT2D eigenvalue weighted by molar-refractivity contribution is 0.201. The lowest BCUT2D eigenvalue weighted by Gasteiger charge is -2.30. The minimum Gasteiger partial charge on any atom is -0.330 e. The highest BCUT2D eigenvalue weighted by atomic mass is 15.2. The van der Waals surface area contributed by atoms with Crippen LogP contribution in [-0.4, -0.2) is 31.1 Å². The molecule has 2 N–H and O–H groups in total. The topological polar surface area (TPSA) is 29.3 Å². The number of hydrogen-bond donors (Lipinski definition) is 1. The summed E-state index contributed by atoms with van der Waals surface area (Å²) >= 11 is 0. The summed E-state index contributed by atoms with van der Waals surface area (Å²) in [6.45, 7) is 2.18. The zero-order valence-electron chi connectivity index (χ0n) is 8.05. The highest BCUT2D eigenvalue weighted by molar-refractivity contribution is 5.01. The first kappa shape index (κ1) is 8.52. The van der Waals surface area contributed by atoms with Crippen molar-refractivity contribution in [3.8, 4) is 0 Å². The fourth-order valence-corrected chi connectivity index (χ4v) is 3.36. The molecule has 0 aromatic carbocycles. The van der Waals surface area contributed by atoms with Crippen molar-refractivity contribution in [2.45, 2.75) is 38.1 Å². The number of nitrogens with zero attached hydrogens (tertiary/aromatic N) is 1. The first-order valence-electron chi connectivity index (χ1n) is 5.19. The molecule has 2 heteroatoms. The van der Waals surface area contributed by atoms with Crippen molar-refractivity contribution < 1.29 is 0 Å². The highest BCUT2D eigenvalue weighted by Gasteiger charge is 2.47. The Morgan fingerprint density at radius 2 is 2.33 bits per heavy atom. The second kappa shape index (κ2) is 3.00. The van der Waals surface area contributed by atoms with Crippen LogP contribution in [0.3, 0.4) is 0 Å². The van der Waals surface area contributed by atoms with E-state index < -0.39 is 0 Å². The smallest absolute Gasteiger partial charge is 0.0150 e. The van der Waals surface area contributed by atoms with Crippen LogP contribution in [0.1, 0.15) is 32.1 Å². The standard InChI is InChI=1S/C10H20N2/c1-12-8-6-10(5-7-11)4-2-3-9(10)12/h9H,2-8,11H2,1H3/t9-,10+/m1/s1. The molecular weight excluding hydrogens is 148 g/mol. The van der Waals surface area contributed by atoms with E-state index in [2.05, 4.69) is 11.9 Å². The summed E-state index contributed by atoms with van der Waals surface area (Å²) in [6.07, 6.45) is 6.91. The molecule has 2 rings (SSSR count). The van der Waals surface area contributed by atoms with E-state index in [1.54, 1.807) is 0 Å². The van der Waals surface area contributed by atoms with Crippen LogP contribution in [0, 0.1) is 5.41 Å². The maximum atomic E-state index is 5.69. The Labute approximate surface area is 75.1 Å². The summed E-state index contributed by atoms with van der Waals surface area (Å²) in [7, 11) is 2.27. The molecule has 0 amide bonds. The van der Waals surface area contributed by atoms with E-state index in [9.17, 15) is 0 Å². The summed E-state index contributed by atoms with van der Waals surface area (Å²) in [4.78, 5) is 2.54. The number of likely N-dealkylation sites (tertiary alicyclic amines) is 1. The largest absolute Gasteiger partial charge is 0.330 e. The van der Waals surface area contributed by atoms with E-state index in [4.69, 9.17) is 5.73 Å². The third-order valence-corrected chi connectivity index (χ3v) is 4.00. The summed E-state index contributed by atoms with van der Waals surface area (Å²) < 4.78 is 0. The zero-order valence-corrected chi connectivity index (χ0v) is 8.05. The third-order valence-electron chi connectivity index (χ3n) is 4.00. The van der Waals surface area contributed by atoms with E-state index in [-0.39, 0.29) is 0 Å². The van der Waals surface area contributed by atoms with Gasteiger partial charge in [0, 0.05) is 6.04 Å². The summed E-state index contributed by atoms with van der Waals surface area (Å²) in [5.41, 5.74) is 6.31. The molecule has 1 aliphatic heterocycles. The van der Waals surface area contributed by atoms with Crippen LogP contribution in [0.25, 0.3) is 0 Å². The van der Waals surface area contributed by atoms with Gasteiger partial charge >= 0.3 is 0 Å². The van der Waals surface area contributed by atoms with E-state index in [0.717, 1.165) is 12.6 Å². The molecule has 0 radical (unpaired) electrons. The Kier molecular flexibility index (Phi) is 2.13. The van der Waals surface area contributed by atoms with Crippen LogP contribution >= 0.6 is 0 Å². The summed E-state index contributed by atoms with van der Waals surface area (Å²) in [5, 5.41) is 0. The molecule has 0 aromatic rings. The summed E-state index contributed by atoms with van der Waals surface area (Å²) in [6, 6.07) is 0.862. The van der Waals surface area contributed by atoms with Gasteiger partial charge in [-0.3, -0.25) is 0 Å². The number of rotatable bonds is 2. The fourth-order valence-electron chi connectivity index (χ4n) is 3.36. The molecule has 12 heavy (non-hydrogen) atoms. The Morgan fingerprint density at radius 1 is 1.50 bits per heavy atom. The predicted molar refractivity (Wildman–Crippen MR) is 51.0 cm³/mol. The second-order valence-corrected chi connectivity index (χ2v) is 4.54. The van der Waals surface area contributed by atoms with E-state index >= 15 is 0 Å². The van der Waals surface area contributed by atoms with Gasteiger partial charge in [-0.25, -0.2) is 0 Å². The predicted octanol–water partition coefficient (Wildman–Crippen LogP) is 1.21. The Balaban J connectivity index is 2.11. The Hall–Kier alpha value is -0.0800. The van der Waals surface area contributed by atoms with Gasteiger partial charge in [-0.1, -0.05) is 6.42 Å². The SMILES string of the molecule is CN1CC[C@@]2(CCN)CCC[C@@H]12. The second-order valence-electron chi connectivity index (χ2n) is 4.54. The average molecular weight is 168 g/mol. The molecular formula is C10H20N2. The lowest BCUT2D eigenvalue weighted by Crippen LogP contribution is -2.34. The molecule has 0 aromatic heterocycles. The normalized spacial score (nSPS) is 42.0. The van der Waals surface area contributed by atoms with Gasteiger partial charge in [0.1, 0.15) is 0 Å². The molecule has 2 nitrogen and oxygen atoms in total. The van der Waals surface area contributed by atoms with Crippen molar-refractivity contribution in [1.29, 1.82) is 0 Å².